The van der Waals surface area contributed by atoms with Crippen LogP contribution < -0.4 is 5.32 Å². The Hall–Kier alpha value is -0.730. The SMILES string of the molecule is CCC1NC(C(C)(C)C(C)(C)C)=NO1. The molecule has 0 saturated carbocycles. The summed E-state index contributed by atoms with van der Waals surface area (Å²) in [4.78, 5) is 5.27. The van der Waals surface area contributed by atoms with Gasteiger partial charge in [-0.15, -0.1) is 0 Å². The third kappa shape index (κ3) is 1.86. The highest BCUT2D eigenvalue weighted by Gasteiger charge is 2.41. The summed E-state index contributed by atoms with van der Waals surface area (Å²) >= 11 is 0. The molecule has 0 bridgehead atoms. The minimum Gasteiger partial charge on any atom is -0.369 e. The lowest BCUT2D eigenvalue weighted by Crippen LogP contribution is -2.45. The first-order valence-electron chi connectivity index (χ1n) is 5.30. The maximum atomic E-state index is 5.27. The fourth-order valence-electron chi connectivity index (χ4n) is 1.15. The minimum absolute atomic E-state index is 0.0108. The summed E-state index contributed by atoms with van der Waals surface area (Å²) in [6, 6.07) is 0. The molecule has 0 aromatic rings. The molecular formula is C11H22N2O. The molecule has 0 aromatic carbocycles. The molecule has 82 valence electrons. The van der Waals surface area contributed by atoms with Gasteiger partial charge in [-0.05, 0) is 5.41 Å². The second-order valence-electron chi connectivity index (χ2n) is 5.46. The second kappa shape index (κ2) is 3.44. The summed E-state index contributed by atoms with van der Waals surface area (Å²) in [7, 11) is 0. The van der Waals surface area contributed by atoms with Crippen molar-refractivity contribution >= 4 is 5.84 Å². The molecule has 0 fully saturated rings. The van der Waals surface area contributed by atoms with Gasteiger partial charge in [-0.1, -0.05) is 46.7 Å². The molecule has 0 spiro atoms. The molecule has 1 unspecified atom stereocenters. The van der Waals surface area contributed by atoms with Crippen molar-refractivity contribution in [3.8, 4) is 0 Å². The fraction of sp³-hybridized carbons (Fsp3) is 0.909. The molecule has 0 aliphatic carbocycles. The maximum Gasteiger partial charge on any atom is 0.198 e. The van der Waals surface area contributed by atoms with E-state index in [1.807, 2.05) is 0 Å². The van der Waals surface area contributed by atoms with E-state index < -0.39 is 0 Å². The summed E-state index contributed by atoms with van der Waals surface area (Å²) in [5.41, 5.74) is 0.182. The Labute approximate surface area is 86.9 Å². The van der Waals surface area contributed by atoms with Crippen molar-refractivity contribution in [3.05, 3.63) is 0 Å². The second-order valence-corrected chi connectivity index (χ2v) is 5.46. The number of amidine groups is 1. The highest BCUT2D eigenvalue weighted by Crippen LogP contribution is 2.39. The van der Waals surface area contributed by atoms with Gasteiger partial charge in [0.15, 0.2) is 12.1 Å². The molecule has 1 heterocycles. The van der Waals surface area contributed by atoms with Gasteiger partial charge in [-0.2, -0.15) is 0 Å². The smallest absolute Gasteiger partial charge is 0.198 e. The number of oxime groups is 1. The first-order chi connectivity index (χ1) is 6.29. The van der Waals surface area contributed by atoms with Crippen LogP contribution in [0.2, 0.25) is 0 Å². The molecule has 14 heavy (non-hydrogen) atoms. The highest BCUT2D eigenvalue weighted by molar-refractivity contribution is 5.88. The Balaban J connectivity index is 2.76. The largest absolute Gasteiger partial charge is 0.369 e. The van der Waals surface area contributed by atoms with E-state index in [0.29, 0.717) is 0 Å². The Kier molecular flexibility index (Phi) is 2.79. The van der Waals surface area contributed by atoms with Crippen molar-refractivity contribution in [2.75, 3.05) is 0 Å². The molecule has 0 aromatic heterocycles. The molecular weight excluding hydrogens is 176 g/mol. The van der Waals surface area contributed by atoms with Crippen molar-refractivity contribution in [2.24, 2.45) is 16.0 Å². The zero-order valence-electron chi connectivity index (χ0n) is 10.1. The molecule has 3 nitrogen and oxygen atoms in total. The highest BCUT2D eigenvalue weighted by atomic mass is 16.7. The van der Waals surface area contributed by atoms with Gasteiger partial charge < -0.3 is 10.2 Å². The van der Waals surface area contributed by atoms with Crippen LogP contribution in [0, 0.1) is 10.8 Å². The monoisotopic (exact) mass is 198 g/mol. The van der Waals surface area contributed by atoms with Crippen LogP contribution in [0.1, 0.15) is 48.0 Å². The number of rotatable bonds is 2. The Morgan fingerprint density at radius 3 is 2.21 bits per heavy atom. The number of nitrogens with one attached hydrogen (secondary N) is 1. The molecule has 3 heteroatoms. The topological polar surface area (TPSA) is 33.6 Å². The standard InChI is InChI=1S/C11H22N2O/c1-7-8-12-9(13-14-8)11(5,6)10(2,3)4/h8H,7H2,1-6H3,(H,12,13). The Morgan fingerprint density at radius 2 is 1.86 bits per heavy atom. The van der Waals surface area contributed by atoms with Gasteiger partial charge in [-0.3, -0.25) is 0 Å². The van der Waals surface area contributed by atoms with Crippen molar-refractivity contribution < 1.29 is 4.84 Å². The van der Waals surface area contributed by atoms with Crippen molar-refractivity contribution in [3.63, 3.8) is 0 Å². The van der Waals surface area contributed by atoms with Crippen LogP contribution in [0.4, 0.5) is 0 Å². The summed E-state index contributed by atoms with van der Waals surface area (Å²) in [5.74, 6) is 0.969. The quantitative estimate of drug-likeness (QED) is 0.740. The molecule has 0 radical (unpaired) electrons. The average Bonchev–Trinajstić information content (AvgIpc) is 2.49. The van der Waals surface area contributed by atoms with Crippen LogP contribution in [0.25, 0.3) is 0 Å². The van der Waals surface area contributed by atoms with Gasteiger partial charge in [0.25, 0.3) is 0 Å². The Bertz CT molecular complexity index is 238. The zero-order chi connectivity index (χ0) is 11.0. The third-order valence-corrected chi connectivity index (χ3v) is 3.41. The van der Waals surface area contributed by atoms with Crippen LogP contribution in [-0.2, 0) is 4.84 Å². The van der Waals surface area contributed by atoms with Crippen molar-refractivity contribution in [1.29, 1.82) is 0 Å². The summed E-state index contributed by atoms with van der Waals surface area (Å²) in [6.45, 7) is 13.1. The number of hydrogen-bond donors (Lipinski definition) is 1. The van der Waals surface area contributed by atoms with E-state index in [9.17, 15) is 0 Å². The lowest BCUT2D eigenvalue weighted by Gasteiger charge is -2.37. The molecule has 0 saturated heterocycles. The van der Waals surface area contributed by atoms with E-state index >= 15 is 0 Å². The molecule has 1 atom stereocenters. The third-order valence-electron chi connectivity index (χ3n) is 3.41. The van der Waals surface area contributed by atoms with Gasteiger partial charge in [0.05, 0.1) is 0 Å². The molecule has 1 N–H and O–H groups in total. The molecule has 1 aliphatic rings. The molecule has 1 aliphatic heterocycles. The van der Waals surface area contributed by atoms with E-state index in [1.165, 1.54) is 0 Å². The molecule has 0 amide bonds. The zero-order valence-corrected chi connectivity index (χ0v) is 10.1. The van der Waals surface area contributed by atoms with Gasteiger partial charge in [-0.25, -0.2) is 0 Å². The number of hydrogen-bond acceptors (Lipinski definition) is 3. The average molecular weight is 198 g/mol. The van der Waals surface area contributed by atoms with Gasteiger partial charge >= 0.3 is 0 Å². The summed E-state index contributed by atoms with van der Waals surface area (Å²) in [6.07, 6.45) is 0.999. The maximum absolute atomic E-state index is 5.27. The summed E-state index contributed by atoms with van der Waals surface area (Å²) in [5, 5.41) is 7.45. The number of nitrogens with zero attached hydrogens (tertiary/aromatic N) is 1. The van der Waals surface area contributed by atoms with Crippen LogP contribution in [-0.4, -0.2) is 12.1 Å². The first-order valence-corrected chi connectivity index (χ1v) is 5.30. The van der Waals surface area contributed by atoms with E-state index in [1.54, 1.807) is 0 Å². The van der Waals surface area contributed by atoms with E-state index in [4.69, 9.17) is 4.84 Å². The molecule has 1 rings (SSSR count). The normalized spacial score (nSPS) is 22.7. The van der Waals surface area contributed by atoms with Crippen LogP contribution >= 0.6 is 0 Å². The van der Waals surface area contributed by atoms with Gasteiger partial charge in [0.1, 0.15) is 0 Å². The lowest BCUT2D eigenvalue weighted by atomic mass is 9.68. The van der Waals surface area contributed by atoms with Crippen LogP contribution in [0.3, 0.4) is 0 Å². The predicted molar refractivity (Wildman–Crippen MR) is 59.0 cm³/mol. The van der Waals surface area contributed by atoms with Crippen LogP contribution in [0.15, 0.2) is 5.16 Å². The fourth-order valence-corrected chi connectivity index (χ4v) is 1.15. The van der Waals surface area contributed by atoms with Gasteiger partial charge in [0.2, 0.25) is 0 Å². The first kappa shape index (κ1) is 11.3. The lowest BCUT2D eigenvalue weighted by molar-refractivity contribution is 0.0704. The van der Waals surface area contributed by atoms with E-state index in [0.717, 1.165) is 12.3 Å². The van der Waals surface area contributed by atoms with Crippen molar-refractivity contribution in [2.45, 2.75) is 54.2 Å². The van der Waals surface area contributed by atoms with E-state index in [2.05, 4.69) is 52.0 Å². The van der Waals surface area contributed by atoms with Crippen molar-refractivity contribution in [1.82, 2.24) is 5.32 Å². The van der Waals surface area contributed by atoms with E-state index in [-0.39, 0.29) is 17.1 Å². The summed E-state index contributed by atoms with van der Waals surface area (Å²) < 4.78 is 0. The predicted octanol–water partition coefficient (Wildman–Crippen LogP) is 2.73. The Morgan fingerprint density at radius 1 is 1.29 bits per heavy atom. The van der Waals surface area contributed by atoms with Gasteiger partial charge in [0, 0.05) is 11.8 Å². The minimum atomic E-state index is 0.0108. The van der Waals surface area contributed by atoms with Crippen LogP contribution in [0.5, 0.6) is 0 Å².